The predicted octanol–water partition coefficient (Wildman–Crippen LogP) is 4.56. The highest BCUT2D eigenvalue weighted by atomic mass is 16.6. The zero-order valence-corrected chi connectivity index (χ0v) is 20.6. The smallest absolute Gasteiger partial charge is 0.410 e. The van der Waals surface area contributed by atoms with E-state index in [1.807, 2.05) is 31.7 Å². The van der Waals surface area contributed by atoms with Gasteiger partial charge in [0.05, 0.1) is 5.69 Å². The minimum Gasteiger partial charge on any atom is -0.444 e. The number of amides is 1. The molecule has 2 aliphatic rings. The number of carbonyl (C=O) groups excluding carboxylic acids is 1. The summed E-state index contributed by atoms with van der Waals surface area (Å²) in [4.78, 5) is 19.4. The minimum atomic E-state index is -0.467. The van der Waals surface area contributed by atoms with Gasteiger partial charge in [0.2, 0.25) is 0 Å². The third kappa shape index (κ3) is 6.17. The number of aliphatic imine (C=N–C) groups is 1. The first-order valence-corrected chi connectivity index (χ1v) is 12.3. The molecule has 1 aromatic heterocycles. The van der Waals surface area contributed by atoms with Gasteiger partial charge in [-0.2, -0.15) is 0 Å². The zero-order chi connectivity index (χ0) is 23.3. The summed E-state index contributed by atoms with van der Waals surface area (Å²) in [6.07, 6.45) is 5.81. The predicted molar refractivity (Wildman–Crippen MR) is 126 cm³/mol. The fourth-order valence-electron chi connectivity index (χ4n) is 4.88. The second-order valence-corrected chi connectivity index (χ2v) is 10.0. The fourth-order valence-corrected chi connectivity index (χ4v) is 4.88. The van der Waals surface area contributed by atoms with E-state index in [1.165, 1.54) is 0 Å². The van der Waals surface area contributed by atoms with Crippen molar-refractivity contribution in [2.24, 2.45) is 4.99 Å². The molecule has 0 radical (unpaired) electrons. The Labute approximate surface area is 192 Å². The number of piperidine rings is 1. The third-order valence-electron chi connectivity index (χ3n) is 6.40. The molecule has 180 valence electrons. The maximum absolute atomic E-state index is 12.7. The van der Waals surface area contributed by atoms with Gasteiger partial charge >= 0.3 is 6.09 Å². The number of ether oxygens (including phenoxy) is 1. The molecule has 1 aromatic rings. The largest absolute Gasteiger partial charge is 0.444 e. The van der Waals surface area contributed by atoms with Gasteiger partial charge < -0.3 is 24.8 Å². The van der Waals surface area contributed by atoms with E-state index in [9.17, 15) is 4.79 Å². The number of fused-ring (bicyclic) bond motifs is 2. The highest BCUT2D eigenvalue weighted by Crippen LogP contribution is 2.36. The van der Waals surface area contributed by atoms with Gasteiger partial charge in [-0.05, 0) is 66.2 Å². The summed E-state index contributed by atoms with van der Waals surface area (Å²) >= 11 is 0. The summed E-state index contributed by atoms with van der Waals surface area (Å²) in [6.45, 7) is 13.4. The molecular weight excluding hydrogens is 406 g/mol. The van der Waals surface area contributed by atoms with Gasteiger partial charge in [0.25, 0.3) is 0 Å². The Kier molecular flexibility index (Phi) is 8.06. The van der Waals surface area contributed by atoms with Crippen LogP contribution in [0.2, 0.25) is 0 Å². The molecule has 0 saturated carbocycles. The lowest BCUT2D eigenvalue weighted by atomic mass is 9.98. The molecule has 8 nitrogen and oxygen atoms in total. The second-order valence-electron chi connectivity index (χ2n) is 10.0. The van der Waals surface area contributed by atoms with Gasteiger partial charge in [0.1, 0.15) is 12.1 Å². The lowest BCUT2D eigenvalue weighted by Crippen LogP contribution is -2.55. The molecule has 2 fully saturated rings. The van der Waals surface area contributed by atoms with Crippen molar-refractivity contribution < 1.29 is 14.1 Å². The fraction of sp³-hybridized carbons (Fsp3) is 0.792. The second kappa shape index (κ2) is 10.6. The number of hydrogen-bond donors (Lipinski definition) is 2. The molecular formula is C24H41N5O3. The van der Waals surface area contributed by atoms with Gasteiger partial charge in [-0.25, -0.2) is 9.79 Å². The Balaban J connectivity index is 1.59. The molecule has 2 saturated heterocycles. The van der Waals surface area contributed by atoms with Crippen molar-refractivity contribution in [3.8, 4) is 0 Å². The van der Waals surface area contributed by atoms with Crippen LogP contribution in [0.3, 0.4) is 0 Å². The average molecular weight is 448 g/mol. The average Bonchev–Trinajstić information content (AvgIpc) is 3.29. The summed E-state index contributed by atoms with van der Waals surface area (Å²) < 4.78 is 11.2. The van der Waals surface area contributed by atoms with Crippen molar-refractivity contribution in [1.29, 1.82) is 0 Å². The Morgan fingerprint density at radius 2 is 1.91 bits per heavy atom. The lowest BCUT2D eigenvalue weighted by Gasteiger charge is -2.40. The van der Waals surface area contributed by atoms with Crippen molar-refractivity contribution in [2.45, 2.75) is 116 Å². The van der Waals surface area contributed by atoms with Gasteiger partial charge in [0, 0.05) is 36.7 Å². The molecule has 3 rings (SSSR count). The van der Waals surface area contributed by atoms with E-state index in [0.29, 0.717) is 12.5 Å². The summed E-state index contributed by atoms with van der Waals surface area (Å²) in [5.74, 6) is 2.00. The Bertz CT molecular complexity index is 767. The summed E-state index contributed by atoms with van der Waals surface area (Å²) in [6, 6.07) is 2.75. The maximum atomic E-state index is 12.7. The summed E-state index contributed by atoms with van der Waals surface area (Å²) in [5, 5.41) is 11.2. The van der Waals surface area contributed by atoms with Crippen LogP contribution in [-0.4, -0.2) is 52.4 Å². The van der Waals surface area contributed by atoms with Crippen LogP contribution in [0.1, 0.15) is 97.4 Å². The molecule has 1 amide bonds. The van der Waals surface area contributed by atoms with Gasteiger partial charge in [-0.1, -0.05) is 19.0 Å². The standard InChI is InChI=1S/C24H41N5O3/c1-7-16(8-2)21-14-20(32-28-21)15-26-22(25-9-3)27-17-12-18-10-11-19(13-17)29(18)23(30)31-24(4,5)6/h14,16-19H,7-13,15H2,1-6H3,(H2,25,26,27). The van der Waals surface area contributed by atoms with E-state index in [1.54, 1.807) is 0 Å². The highest BCUT2D eigenvalue weighted by Gasteiger charge is 2.45. The van der Waals surface area contributed by atoms with Crippen LogP contribution in [0.25, 0.3) is 0 Å². The molecule has 0 aliphatic carbocycles. The number of rotatable bonds is 7. The third-order valence-corrected chi connectivity index (χ3v) is 6.40. The first kappa shape index (κ1) is 24.4. The van der Waals surface area contributed by atoms with Gasteiger partial charge in [-0.15, -0.1) is 0 Å². The summed E-state index contributed by atoms with van der Waals surface area (Å²) in [7, 11) is 0. The van der Waals surface area contributed by atoms with Crippen LogP contribution >= 0.6 is 0 Å². The number of carbonyl (C=O) groups is 1. The van der Waals surface area contributed by atoms with Crippen molar-refractivity contribution in [2.75, 3.05) is 6.54 Å². The molecule has 2 aliphatic heterocycles. The molecule has 2 N–H and O–H groups in total. The van der Waals surface area contributed by atoms with E-state index in [4.69, 9.17) is 14.3 Å². The van der Waals surface area contributed by atoms with E-state index in [2.05, 4.69) is 36.6 Å². The quantitative estimate of drug-likeness (QED) is 0.470. The lowest BCUT2D eigenvalue weighted by molar-refractivity contribution is 0.00545. The molecule has 2 unspecified atom stereocenters. The number of nitrogens with one attached hydrogen (secondary N) is 2. The molecule has 2 bridgehead atoms. The normalized spacial score (nSPS) is 23.5. The van der Waals surface area contributed by atoms with Crippen LogP contribution in [0, 0.1) is 0 Å². The highest BCUT2D eigenvalue weighted by molar-refractivity contribution is 5.80. The molecule has 3 heterocycles. The molecule has 8 heteroatoms. The number of guanidine groups is 1. The Morgan fingerprint density at radius 1 is 1.25 bits per heavy atom. The van der Waals surface area contributed by atoms with Crippen molar-refractivity contribution >= 4 is 12.1 Å². The molecule has 32 heavy (non-hydrogen) atoms. The first-order chi connectivity index (χ1) is 15.2. The van der Waals surface area contributed by atoms with Crippen LogP contribution in [0.5, 0.6) is 0 Å². The molecule has 2 atom stereocenters. The van der Waals surface area contributed by atoms with Crippen LogP contribution in [-0.2, 0) is 11.3 Å². The maximum Gasteiger partial charge on any atom is 0.410 e. The van der Waals surface area contributed by atoms with Crippen LogP contribution < -0.4 is 10.6 Å². The van der Waals surface area contributed by atoms with Crippen molar-refractivity contribution in [3.05, 3.63) is 17.5 Å². The van der Waals surface area contributed by atoms with Gasteiger partial charge in [-0.3, -0.25) is 0 Å². The topological polar surface area (TPSA) is 92.0 Å². The van der Waals surface area contributed by atoms with E-state index in [0.717, 1.165) is 62.5 Å². The van der Waals surface area contributed by atoms with Crippen LogP contribution in [0.4, 0.5) is 4.79 Å². The Morgan fingerprint density at radius 3 is 2.47 bits per heavy atom. The van der Waals surface area contributed by atoms with Crippen molar-refractivity contribution in [3.63, 3.8) is 0 Å². The van der Waals surface area contributed by atoms with E-state index < -0.39 is 5.60 Å². The first-order valence-electron chi connectivity index (χ1n) is 12.3. The minimum absolute atomic E-state index is 0.178. The SMILES string of the molecule is CCNC(=NCc1cc(C(CC)CC)no1)NC1CC2CCC(C1)N2C(=O)OC(C)(C)C. The zero-order valence-electron chi connectivity index (χ0n) is 20.6. The monoisotopic (exact) mass is 447 g/mol. The van der Waals surface area contributed by atoms with Crippen molar-refractivity contribution in [1.82, 2.24) is 20.7 Å². The number of aromatic nitrogens is 1. The van der Waals surface area contributed by atoms with E-state index >= 15 is 0 Å². The molecule has 0 aromatic carbocycles. The summed E-state index contributed by atoms with van der Waals surface area (Å²) in [5.41, 5.74) is 0.551. The Hall–Kier alpha value is -2.25. The number of nitrogens with zero attached hydrogens (tertiary/aromatic N) is 3. The van der Waals surface area contributed by atoms with E-state index in [-0.39, 0.29) is 24.2 Å². The number of hydrogen-bond acceptors (Lipinski definition) is 5. The molecule has 0 spiro atoms. The van der Waals surface area contributed by atoms with Crippen LogP contribution in [0.15, 0.2) is 15.6 Å². The van der Waals surface area contributed by atoms with Gasteiger partial charge in [0.15, 0.2) is 11.7 Å².